The molecule has 2 rings (SSSR count). The number of nitrogens with zero attached hydrogens (tertiary/aromatic N) is 6. The number of halogens is 3. The molecule has 0 aliphatic rings. The third kappa shape index (κ3) is 3.97. The number of rotatable bonds is 4. The van der Waals surface area contributed by atoms with Crippen LogP contribution in [0.1, 0.15) is 0 Å². The summed E-state index contributed by atoms with van der Waals surface area (Å²) in [6.07, 6.45) is 0. The van der Waals surface area contributed by atoms with Crippen molar-refractivity contribution in [2.24, 2.45) is 7.05 Å². The van der Waals surface area contributed by atoms with E-state index in [9.17, 15) is 27.6 Å². The first kappa shape index (κ1) is 20.5. The van der Waals surface area contributed by atoms with Crippen LogP contribution in [0.4, 0.5) is 29.6 Å². The summed E-state index contributed by atoms with van der Waals surface area (Å²) < 4.78 is 41.5. The largest absolute Gasteiger partial charge is 0.331 e. The molecular formula is C15H14F3N7O3. The monoisotopic (exact) mass is 397 g/mol. The Labute approximate surface area is 156 Å². The number of benzene rings is 1. The van der Waals surface area contributed by atoms with Crippen molar-refractivity contribution < 1.29 is 27.6 Å². The summed E-state index contributed by atoms with van der Waals surface area (Å²) in [4.78, 5) is 38.5. The molecule has 0 fully saturated rings. The molecule has 13 heteroatoms. The number of carbonyl (C=O) groups excluding carboxylic acids is 3. The zero-order chi connectivity index (χ0) is 21.2. The van der Waals surface area contributed by atoms with Crippen molar-refractivity contribution in [3.8, 4) is 0 Å². The molecule has 4 amide bonds. The average molecular weight is 397 g/mol. The molecule has 2 aromatic rings. The summed E-state index contributed by atoms with van der Waals surface area (Å²) in [6.45, 7) is 3.30. The Morgan fingerprint density at radius 3 is 2.18 bits per heavy atom. The van der Waals surface area contributed by atoms with Crippen molar-refractivity contribution in [1.82, 2.24) is 25.1 Å². The van der Waals surface area contributed by atoms with E-state index in [2.05, 4.69) is 27.4 Å². The van der Waals surface area contributed by atoms with Gasteiger partial charge in [0.2, 0.25) is 5.95 Å². The molecule has 0 saturated carbocycles. The van der Waals surface area contributed by atoms with Crippen LogP contribution in [0.5, 0.6) is 0 Å². The normalized spacial score (nSPS) is 10.4. The molecule has 1 aromatic carbocycles. The van der Waals surface area contributed by atoms with Gasteiger partial charge in [-0.05, 0) is 10.4 Å². The van der Waals surface area contributed by atoms with Gasteiger partial charge in [0.05, 0.1) is 11.3 Å². The summed E-state index contributed by atoms with van der Waals surface area (Å²) in [6, 6.07) is -0.171. The fraction of sp³-hybridized carbons (Fsp3) is 0.200. The molecule has 0 unspecified atom stereocenters. The zero-order valence-electron chi connectivity index (χ0n) is 14.9. The number of aryl methyl sites for hydroxylation is 1. The van der Waals surface area contributed by atoms with Crippen molar-refractivity contribution in [3.63, 3.8) is 0 Å². The van der Waals surface area contributed by atoms with Crippen LogP contribution in [0.2, 0.25) is 0 Å². The van der Waals surface area contributed by atoms with E-state index in [-0.39, 0.29) is 10.8 Å². The summed E-state index contributed by atoms with van der Waals surface area (Å²) in [7, 11) is 3.92. The van der Waals surface area contributed by atoms with Gasteiger partial charge in [-0.3, -0.25) is 14.9 Å². The number of hydrogen-bond donors (Lipinski definition) is 1. The fourth-order valence-corrected chi connectivity index (χ4v) is 1.93. The van der Waals surface area contributed by atoms with Crippen LogP contribution in [-0.2, 0) is 16.6 Å². The number of tetrazole rings is 1. The molecule has 0 aliphatic heterocycles. The molecule has 0 spiro atoms. The number of carbonyl (C=O) groups is 3. The molecule has 148 valence electrons. The van der Waals surface area contributed by atoms with Crippen LogP contribution in [0.3, 0.4) is 0 Å². The van der Waals surface area contributed by atoms with E-state index < -0.39 is 46.6 Å². The lowest BCUT2D eigenvalue weighted by Crippen LogP contribution is -2.45. The molecule has 1 aromatic heterocycles. The second-order valence-electron chi connectivity index (χ2n) is 5.60. The molecule has 10 nitrogen and oxygen atoms in total. The van der Waals surface area contributed by atoms with E-state index in [0.717, 1.165) is 9.58 Å². The van der Waals surface area contributed by atoms with Crippen molar-refractivity contribution in [2.45, 2.75) is 0 Å². The predicted molar refractivity (Wildman–Crippen MR) is 89.5 cm³/mol. The van der Waals surface area contributed by atoms with Gasteiger partial charge in [0.15, 0.2) is 17.5 Å². The number of urea groups is 1. The molecule has 0 saturated heterocycles. The van der Waals surface area contributed by atoms with E-state index in [1.807, 2.05) is 0 Å². The maximum absolute atomic E-state index is 13.6. The van der Waals surface area contributed by atoms with Crippen molar-refractivity contribution >= 4 is 29.5 Å². The molecule has 0 atom stereocenters. The Kier molecular flexibility index (Phi) is 5.76. The van der Waals surface area contributed by atoms with Crippen LogP contribution in [0, 0.1) is 17.5 Å². The lowest BCUT2D eigenvalue weighted by atomic mass is 10.2. The van der Waals surface area contributed by atoms with Gasteiger partial charge in [0, 0.05) is 33.3 Å². The minimum atomic E-state index is -1.78. The van der Waals surface area contributed by atoms with Crippen molar-refractivity contribution in [2.75, 3.05) is 24.3 Å². The Morgan fingerprint density at radius 1 is 1.14 bits per heavy atom. The van der Waals surface area contributed by atoms with Gasteiger partial charge < -0.3 is 4.90 Å². The van der Waals surface area contributed by atoms with Crippen LogP contribution in [0.25, 0.3) is 0 Å². The molecule has 1 heterocycles. The Balaban J connectivity index is 2.39. The number of amides is 4. The second kappa shape index (κ2) is 7.85. The number of aromatic nitrogens is 4. The summed E-state index contributed by atoms with van der Waals surface area (Å²) in [5.41, 5.74) is -1.39. The molecule has 28 heavy (non-hydrogen) atoms. The minimum absolute atomic E-state index is 0.122. The fourth-order valence-electron chi connectivity index (χ4n) is 1.93. The Bertz CT molecular complexity index is 951. The molecule has 0 bridgehead atoms. The van der Waals surface area contributed by atoms with Gasteiger partial charge in [0.1, 0.15) is 0 Å². The molecule has 0 aliphatic carbocycles. The quantitative estimate of drug-likeness (QED) is 0.354. The van der Waals surface area contributed by atoms with Crippen LogP contribution in [-0.4, -0.2) is 57.0 Å². The predicted octanol–water partition coefficient (Wildman–Crippen LogP) is 0.837. The minimum Gasteiger partial charge on any atom is -0.330 e. The van der Waals surface area contributed by atoms with Gasteiger partial charge in [-0.25, -0.2) is 27.5 Å². The first-order valence-electron chi connectivity index (χ1n) is 7.47. The van der Waals surface area contributed by atoms with Crippen LogP contribution < -0.4 is 10.2 Å². The van der Waals surface area contributed by atoms with E-state index in [4.69, 9.17) is 0 Å². The van der Waals surface area contributed by atoms with Gasteiger partial charge in [-0.1, -0.05) is 11.7 Å². The molecule has 1 N–H and O–H groups in total. The third-order valence-corrected chi connectivity index (χ3v) is 3.38. The topological polar surface area (TPSA) is 113 Å². The van der Waals surface area contributed by atoms with E-state index in [1.165, 1.54) is 21.1 Å². The summed E-state index contributed by atoms with van der Waals surface area (Å²) >= 11 is 0. The highest BCUT2D eigenvalue weighted by Gasteiger charge is 2.31. The third-order valence-electron chi connectivity index (χ3n) is 3.38. The number of nitrogens with one attached hydrogen (secondary N) is 1. The number of anilines is 2. The molecular weight excluding hydrogens is 383 g/mol. The zero-order valence-corrected chi connectivity index (χ0v) is 14.9. The lowest BCUT2D eigenvalue weighted by Gasteiger charge is -2.25. The average Bonchev–Trinajstić information content (AvgIpc) is 3.03. The first-order valence-corrected chi connectivity index (χ1v) is 7.47. The molecule has 0 radical (unpaired) electrons. The smallest absolute Gasteiger partial charge is 0.330 e. The van der Waals surface area contributed by atoms with E-state index in [1.54, 1.807) is 0 Å². The highest BCUT2D eigenvalue weighted by molar-refractivity contribution is 6.31. The van der Waals surface area contributed by atoms with Crippen LogP contribution in [0.15, 0.2) is 24.3 Å². The van der Waals surface area contributed by atoms with Gasteiger partial charge in [0.25, 0.3) is 11.8 Å². The number of imide groups is 1. The van der Waals surface area contributed by atoms with Crippen molar-refractivity contribution in [1.29, 1.82) is 0 Å². The van der Waals surface area contributed by atoms with Gasteiger partial charge in [-0.2, -0.15) is 0 Å². The van der Waals surface area contributed by atoms with Crippen molar-refractivity contribution in [3.05, 3.63) is 41.7 Å². The Morgan fingerprint density at radius 2 is 1.71 bits per heavy atom. The maximum Gasteiger partial charge on any atom is 0.331 e. The highest BCUT2D eigenvalue weighted by Crippen LogP contribution is 2.23. The summed E-state index contributed by atoms with van der Waals surface area (Å²) in [5, 5.41) is 12.4. The van der Waals surface area contributed by atoms with E-state index in [0.29, 0.717) is 12.1 Å². The highest BCUT2D eigenvalue weighted by atomic mass is 19.2. The van der Waals surface area contributed by atoms with Crippen LogP contribution >= 0.6 is 0 Å². The van der Waals surface area contributed by atoms with Gasteiger partial charge >= 0.3 is 6.03 Å². The Hall–Kier alpha value is -3.77. The lowest BCUT2D eigenvalue weighted by molar-refractivity contribution is -0.119. The second-order valence-corrected chi connectivity index (χ2v) is 5.60. The SMILES string of the molecule is C=C(C(=O)Nc1nnnn1C)C(=O)N(C(=O)N(C)C)c1cc(F)c(F)c(F)c1. The van der Waals surface area contributed by atoms with E-state index >= 15 is 0 Å². The summed E-state index contributed by atoms with van der Waals surface area (Å²) in [5.74, 6) is -7.51. The van der Waals surface area contributed by atoms with Gasteiger partial charge in [-0.15, -0.1) is 0 Å². The maximum atomic E-state index is 13.6. The standard InChI is InChI=1S/C15H14F3N7O3/c1-7(12(26)19-14-20-21-22-24(14)4)13(27)25(15(28)23(2)3)8-5-9(16)11(18)10(17)6-8/h5-6H,1H2,2-4H3,(H,19,20,22,26). The number of hydrogen-bond acceptors (Lipinski definition) is 6. The first-order chi connectivity index (χ1) is 13.0.